The number of hydrogen-bond acceptors (Lipinski definition) is 3. The summed E-state index contributed by atoms with van der Waals surface area (Å²) in [6.07, 6.45) is 0. The summed E-state index contributed by atoms with van der Waals surface area (Å²) in [4.78, 5) is 0. The van der Waals surface area contributed by atoms with Gasteiger partial charge in [-0.05, 0) is 11.3 Å². The van der Waals surface area contributed by atoms with Gasteiger partial charge in [-0.2, -0.15) is 0 Å². The fourth-order valence-electron chi connectivity index (χ4n) is 2.39. The fraction of sp³-hybridized carbons (Fsp3) is 1.00. The highest BCUT2D eigenvalue weighted by Crippen LogP contribution is 2.34. The summed E-state index contributed by atoms with van der Waals surface area (Å²) in [7, 11) is 0. The molecule has 2 aliphatic heterocycles. The lowest BCUT2D eigenvalue weighted by molar-refractivity contribution is -0.0280. The van der Waals surface area contributed by atoms with Crippen molar-refractivity contribution in [2.75, 3.05) is 26.3 Å². The first kappa shape index (κ1) is 9.44. The molecule has 0 radical (unpaired) electrons. The first-order valence-electron chi connectivity index (χ1n) is 5.17. The van der Waals surface area contributed by atoms with Gasteiger partial charge in [0.2, 0.25) is 0 Å². The molecule has 2 fully saturated rings. The van der Waals surface area contributed by atoms with Gasteiger partial charge in [0.1, 0.15) is 0 Å². The van der Waals surface area contributed by atoms with E-state index < -0.39 is 0 Å². The Hall–Kier alpha value is -0.120. The number of nitrogens with one attached hydrogen (secondary N) is 1. The number of ether oxygens (including phenoxy) is 1. The second-order valence-corrected chi connectivity index (χ2v) is 5.17. The largest absolute Gasteiger partial charge is 0.378 e. The third kappa shape index (κ3) is 1.73. The number of morpholine rings is 1. The van der Waals surface area contributed by atoms with Gasteiger partial charge >= 0.3 is 0 Å². The number of nitrogens with zero attached hydrogens (tertiary/aromatic N) is 1. The number of rotatable bonds is 0. The van der Waals surface area contributed by atoms with E-state index >= 15 is 0 Å². The van der Waals surface area contributed by atoms with Crippen LogP contribution in [0.5, 0.6) is 0 Å². The smallest absolute Gasteiger partial charge is 0.0639 e. The molecule has 76 valence electrons. The highest BCUT2D eigenvalue weighted by molar-refractivity contribution is 4.92. The van der Waals surface area contributed by atoms with Crippen molar-refractivity contribution in [3.8, 4) is 0 Å². The average molecular weight is 184 g/mol. The Morgan fingerprint density at radius 2 is 2.15 bits per heavy atom. The Labute approximate surface area is 80.4 Å². The van der Waals surface area contributed by atoms with Gasteiger partial charge in [-0.3, -0.25) is 5.43 Å². The summed E-state index contributed by atoms with van der Waals surface area (Å²) in [5.74, 6) is 0.716. The summed E-state index contributed by atoms with van der Waals surface area (Å²) < 4.78 is 5.53. The SMILES string of the molecule is CC(C)(C)C1CNN2CCOCC12. The third-order valence-corrected chi connectivity index (χ3v) is 3.26. The molecule has 0 aromatic rings. The molecule has 3 nitrogen and oxygen atoms in total. The van der Waals surface area contributed by atoms with Crippen LogP contribution in [-0.2, 0) is 4.74 Å². The van der Waals surface area contributed by atoms with E-state index in [0.717, 1.165) is 26.3 Å². The van der Waals surface area contributed by atoms with Crippen LogP contribution in [0.25, 0.3) is 0 Å². The van der Waals surface area contributed by atoms with Crippen molar-refractivity contribution < 1.29 is 4.74 Å². The van der Waals surface area contributed by atoms with Gasteiger partial charge in [0.25, 0.3) is 0 Å². The maximum Gasteiger partial charge on any atom is 0.0639 e. The van der Waals surface area contributed by atoms with E-state index in [4.69, 9.17) is 4.74 Å². The van der Waals surface area contributed by atoms with Gasteiger partial charge in [0, 0.05) is 13.1 Å². The van der Waals surface area contributed by atoms with Crippen molar-refractivity contribution in [1.29, 1.82) is 0 Å². The first-order chi connectivity index (χ1) is 6.09. The molecule has 2 atom stereocenters. The van der Waals surface area contributed by atoms with E-state index in [9.17, 15) is 0 Å². The fourth-order valence-corrected chi connectivity index (χ4v) is 2.39. The second-order valence-electron chi connectivity index (χ2n) is 5.17. The normalized spacial score (nSPS) is 36.2. The predicted molar refractivity (Wildman–Crippen MR) is 52.3 cm³/mol. The monoisotopic (exact) mass is 184 g/mol. The minimum atomic E-state index is 0.382. The highest BCUT2D eigenvalue weighted by atomic mass is 16.5. The zero-order chi connectivity index (χ0) is 9.47. The molecular weight excluding hydrogens is 164 g/mol. The van der Waals surface area contributed by atoms with E-state index in [-0.39, 0.29) is 0 Å². The maximum atomic E-state index is 5.53. The van der Waals surface area contributed by atoms with E-state index in [1.807, 2.05) is 0 Å². The molecule has 0 bridgehead atoms. The van der Waals surface area contributed by atoms with Crippen molar-refractivity contribution in [1.82, 2.24) is 10.4 Å². The van der Waals surface area contributed by atoms with Crippen molar-refractivity contribution in [3.63, 3.8) is 0 Å². The van der Waals surface area contributed by atoms with Crippen molar-refractivity contribution in [2.24, 2.45) is 11.3 Å². The predicted octanol–water partition coefficient (Wildman–Crippen LogP) is 0.868. The van der Waals surface area contributed by atoms with Crippen molar-refractivity contribution in [2.45, 2.75) is 26.8 Å². The van der Waals surface area contributed by atoms with Gasteiger partial charge in [0.15, 0.2) is 0 Å². The van der Waals surface area contributed by atoms with Gasteiger partial charge in [-0.15, -0.1) is 0 Å². The van der Waals surface area contributed by atoms with Crippen LogP contribution < -0.4 is 5.43 Å². The van der Waals surface area contributed by atoms with Crippen LogP contribution in [0.4, 0.5) is 0 Å². The topological polar surface area (TPSA) is 24.5 Å². The Bertz CT molecular complexity index is 188. The summed E-state index contributed by atoms with van der Waals surface area (Å²) in [6.45, 7) is 10.9. The van der Waals surface area contributed by atoms with Gasteiger partial charge < -0.3 is 4.74 Å². The van der Waals surface area contributed by atoms with Crippen LogP contribution in [0.3, 0.4) is 0 Å². The number of fused-ring (bicyclic) bond motifs is 1. The molecule has 0 spiro atoms. The van der Waals surface area contributed by atoms with Crippen LogP contribution in [-0.4, -0.2) is 37.4 Å². The number of hydrazine groups is 1. The molecule has 0 saturated carbocycles. The van der Waals surface area contributed by atoms with Gasteiger partial charge in [0.05, 0.1) is 19.3 Å². The molecule has 2 heterocycles. The Morgan fingerprint density at radius 3 is 2.85 bits per heavy atom. The lowest BCUT2D eigenvalue weighted by atomic mass is 9.77. The van der Waals surface area contributed by atoms with Crippen LogP contribution in [0.2, 0.25) is 0 Å². The maximum absolute atomic E-state index is 5.53. The lowest BCUT2D eigenvalue weighted by Crippen LogP contribution is -2.48. The first-order valence-corrected chi connectivity index (χ1v) is 5.17. The second kappa shape index (κ2) is 3.23. The van der Waals surface area contributed by atoms with Crippen molar-refractivity contribution >= 4 is 0 Å². The molecule has 0 amide bonds. The number of hydrogen-bond donors (Lipinski definition) is 1. The molecule has 3 heteroatoms. The minimum absolute atomic E-state index is 0.382. The van der Waals surface area contributed by atoms with E-state index in [2.05, 4.69) is 31.2 Å². The molecule has 0 aromatic heterocycles. The quantitative estimate of drug-likeness (QED) is 0.604. The zero-order valence-electron chi connectivity index (χ0n) is 8.84. The summed E-state index contributed by atoms with van der Waals surface area (Å²) in [5, 5.41) is 2.36. The Balaban J connectivity index is 2.07. The van der Waals surface area contributed by atoms with Crippen LogP contribution >= 0.6 is 0 Å². The van der Waals surface area contributed by atoms with E-state index in [1.54, 1.807) is 0 Å². The van der Waals surface area contributed by atoms with E-state index in [1.165, 1.54) is 0 Å². The molecule has 2 saturated heterocycles. The molecular formula is C10H20N2O. The summed E-state index contributed by atoms with van der Waals surface area (Å²) >= 11 is 0. The molecule has 13 heavy (non-hydrogen) atoms. The summed E-state index contributed by atoms with van der Waals surface area (Å²) in [5.41, 5.74) is 3.85. The van der Waals surface area contributed by atoms with Crippen molar-refractivity contribution in [3.05, 3.63) is 0 Å². The average Bonchev–Trinajstić information content (AvgIpc) is 2.45. The summed E-state index contributed by atoms with van der Waals surface area (Å²) in [6, 6.07) is 0.591. The highest BCUT2D eigenvalue weighted by Gasteiger charge is 2.41. The van der Waals surface area contributed by atoms with Gasteiger partial charge in [-0.1, -0.05) is 20.8 Å². The molecule has 0 aliphatic carbocycles. The van der Waals surface area contributed by atoms with Crippen LogP contribution in [0, 0.1) is 11.3 Å². The minimum Gasteiger partial charge on any atom is -0.378 e. The molecule has 2 rings (SSSR count). The van der Waals surface area contributed by atoms with E-state index in [0.29, 0.717) is 17.4 Å². The van der Waals surface area contributed by atoms with Crippen LogP contribution in [0.15, 0.2) is 0 Å². The molecule has 2 aliphatic rings. The molecule has 1 N–H and O–H groups in total. The zero-order valence-corrected chi connectivity index (χ0v) is 8.84. The van der Waals surface area contributed by atoms with Gasteiger partial charge in [-0.25, -0.2) is 5.01 Å². The molecule has 0 aromatic carbocycles. The molecule has 2 unspecified atom stereocenters. The third-order valence-electron chi connectivity index (χ3n) is 3.26. The lowest BCUT2D eigenvalue weighted by Gasteiger charge is -2.36. The van der Waals surface area contributed by atoms with Crippen LogP contribution in [0.1, 0.15) is 20.8 Å². The Kier molecular flexibility index (Phi) is 2.34. The standard InChI is InChI=1S/C10H20N2O/c1-10(2,3)8-6-11-12-4-5-13-7-9(8)12/h8-9,11H,4-7H2,1-3H3. The Morgan fingerprint density at radius 1 is 1.38 bits per heavy atom.